The first kappa shape index (κ1) is 20.0. The van der Waals surface area contributed by atoms with Crippen molar-refractivity contribution in [2.75, 3.05) is 5.32 Å². The molecular weight excluding hydrogens is 413 g/mol. The number of rotatable bonds is 5. The number of halogens is 2. The summed E-state index contributed by atoms with van der Waals surface area (Å²) in [6.45, 7) is 0.0880. The monoisotopic (exact) mass is 429 g/mol. The Morgan fingerprint density at radius 1 is 1.13 bits per heavy atom. The van der Waals surface area contributed by atoms with Crippen molar-refractivity contribution in [1.82, 2.24) is 10.2 Å². The number of imide groups is 2. The number of anilines is 1. The average molecular weight is 430 g/mol. The number of carbonyl (C=O) groups is 4. The molecule has 1 saturated heterocycles. The predicted molar refractivity (Wildman–Crippen MR) is 106 cm³/mol. The van der Waals surface area contributed by atoms with Crippen LogP contribution in [0.3, 0.4) is 0 Å². The van der Waals surface area contributed by atoms with Crippen molar-refractivity contribution < 1.29 is 23.6 Å². The summed E-state index contributed by atoms with van der Waals surface area (Å²) < 4.78 is 14.2. The van der Waals surface area contributed by atoms with Gasteiger partial charge in [0.25, 0.3) is 11.8 Å². The fraction of sp³-hybridized carbons (Fsp3) is 0.238. The number of alkyl halides is 1. The molecule has 4 rings (SSSR count). The fourth-order valence-corrected chi connectivity index (χ4v) is 3.84. The van der Waals surface area contributed by atoms with E-state index in [1.54, 1.807) is 24.3 Å². The van der Waals surface area contributed by atoms with Crippen LogP contribution in [0, 0.1) is 5.82 Å². The molecule has 30 heavy (non-hydrogen) atoms. The van der Waals surface area contributed by atoms with Crippen LogP contribution in [0.5, 0.6) is 0 Å². The molecule has 154 valence electrons. The van der Waals surface area contributed by atoms with Crippen molar-refractivity contribution in [2.24, 2.45) is 0 Å². The Balaban J connectivity index is 1.59. The highest BCUT2D eigenvalue weighted by Gasteiger charge is 2.45. The highest BCUT2D eigenvalue weighted by molar-refractivity contribution is 6.25. The maximum atomic E-state index is 14.2. The van der Waals surface area contributed by atoms with Crippen LogP contribution in [0.25, 0.3) is 0 Å². The van der Waals surface area contributed by atoms with Crippen LogP contribution in [-0.4, -0.2) is 34.6 Å². The van der Waals surface area contributed by atoms with Gasteiger partial charge in [-0.1, -0.05) is 18.2 Å². The maximum absolute atomic E-state index is 14.2. The molecule has 2 aliphatic rings. The number of nitrogens with one attached hydrogen (secondary N) is 2. The summed E-state index contributed by atoms with van der Waals surface area (Å²) in [4.78, 5) is 50.3. The van der Waals surface area contributed by atoms with Gasteiger partial charge in [-0.15, -0.1) is 11.6 Å². The van der Waals surface area contributed by atoms with E-state index < -0.39 is 35.5 Å². The topological polar surface area (TPSA) is 95.6 Å². The summed E-state index contributed by atoms with van der Waals surface area (Å²) in [5, 5.41) is 5.17. The van der Waals surface area contributed by atoms with E-state index in [-0.39, 0.29) is 36.4 Å². The zero-order chi connectivity index (χ0) is 21.4. The minimum Gasteiger partial charge on any atom is -0.380 e. The molecule has 0 unspecified atom stereocenters. The minimum atomic E-state index is -1.04. The smallest absolute Gasteiger partial charge is 0.264 e. The summed E-state index contributed by atoms with van der Waals surface area (Å²) in [6, 6.07) is 8.34. The quantitative estimate of drug-likeness (QED) is 0.562. The molecule has 1 atom stereocenters. The number of hydrogen-bond donors (Lipinski definition) is 2. The summed E-state index contributed by atoms with van der Waals surface area (Å²) in [5.41, 5.74) is 1.68. The second-order valence-electron chi connectivity index (χ2n) is 7.09. The second kappa shape index (κ2) is 7.87. The molecule has 7 nitrogen and oxygen atoms in total. The van der Waals surface area contributed by atoms with Gasteiger partial charge in [-0.25, -0.2) is 4.39 Å². The van der Waals surface area contributed by atoms with Gasteiger partial charge in [-0.3, -0.25) is 29.4 Å². The molecule has 2 aromatic rings. The molecule has 2 N–H and O–H groups in total. The number of amides is 4. The normalized spacial score (nSPS) is 18.5. The van der Waals surface area contributed by atoms with E-state index in [4.69, 9.17) is 11.6 Å². The van der Waals surface area contributed by atoms with E-state index in [1.165, 1.54) is 12.1 Å². The Labute approximate surface area is 176 Å². The predicted octanol–water partition coefficient (Wildman–Crippen LogP) is 2.58. The lowest BCUT2D eigenvalue weighted by Crippen LogP contribution is -2.54. The second-order valence-corrected chi connectivity index (χ2v) is 7.36. The third-order valence-electron chi connectivity index (χ3n) is 5.21. The van der Waals surface area contributed by atoms with Crippen molar-refractivity contribution in [3.63, 3.8) is 0 Å². The molecule has 2 aromatic carbocycles. The van der Waals surface area contributed by atoms with E-state index in [0.717, 1.165) is 4.90 Å². The maximum Gasteiger partial charge on any atom is 0.264 e. The van der Waals surface area contributed by atoms with Gasteiger partial charge in [0.1, 0.15) is 11.9 Å². The van der Waals surface area contributed by atoms with Gasteiger partial charge >= 0.3 is 0 Å². The van der Waals surface area contributed by atoms with Gasteiger partial charge in [0.15, 0.2) is 0 Å². The Hall–Kier alpha value is -3.26. The highest BCUT2D eigenvalue weighted by Crippen LogP contribution is 2.32. The lowest BCUT2D eigenvalue weighted by Gasteiger charge is -2.27. The molecule has 1 fully saturated rings. The lowest BCUT2D eigenvalue weighted by molar-refractivity contribution is -0.136. The molecule has 2 heterocycles. The van der Waals surface area contributed by atoms with Crippen molar-refractivity contribution in [3.05, 3.63) is 64.5 Å². The van der Waals surface area contributed by atoms with Crippen molar-refractivity contribution in [2.45, 2.75) is 31.3 Å². The van der Waals surface area contributed by atoms with Crippen LogP contribution in [0.15, 0.2) is 36.4 Å². The Morgan fingerprint density at radius 3 is 2.63 bits per heavy atom. The van der Waals surface area contributed by atoms with Crippen molar-refractivity contribution in [3.8, 4) is 0 Å². The standard InChI is InChI=1S/C21H17ClFN3O4/c22-9-11-4-5-12(14(23)8-11)10-24-15-3-1-2-13-18(15)21(30)26(20(13)29)16-6-7-17(27)25-19(16)28/h1-5,8,16,24H,6-7,9-10H2,(H,25,27,28)/t16-/m0/s1. The van der Waals surface area contributed by atoms with E-state index in [2.05, 4.69) is 10.6 Å². The van der Waals surface area contributed by atoms with Gasteiger partial charge in [-0.2, -0.15) is 0 Å². The molecule has 4 amide bonds. The first-order valence-electron chi connectivity index (χ1n) is 9.32. The summed E-state index contributed by atoms with van der Waals surface area (Å²) >= 11 is 5.71. The van der Waals surface area contributed by atoms with Crippen molar-refractivity contribution >= 4 is 40.9 Å². The summed E-state index contributed by atoms with van der Waals surface area (Å²) in [5.74, 6) is -2.55. The summed E-state index contributed by atoms with van der Waals surface area (Å²) in [7, 11) is 0. The van der Waals surface area contributed by atoms with Gasteiger partial charge in [0, 0.05) is 30.1 Å². The molecule has 2 aliphatic heterocycles. The van der Waals surface area contributed by atoms with Crippen molar-refractivity contribution in [1.29, 1.82) is 0 Å². The fourth-order valence-electron chi connectivity index (χ4n) is 3.67. The lowest BCUT2D eigenvalue weighted by atomic mass is 10.0. The number of benzene rings is 2. The first-order chi connectivity index (χ1) is 14.4. The Morgan fingerprint density at radius 2 is 1.93 bits per heavy atom. The minimum absolute atomic E-state index is 0.0481. The zero-order valence-electron chi connectivity index (χ0n) is 15.7. The molecule has 0 bridgehead atoms. The van der Waals surface area contributed by atoms with E-state index in [9.17, 15) is 23.6 Å². The molecule has 0 spiro atoms. The molecule has 0 radical (unpaired) electrons. The highest BCUT2D eigenvalue weighted by atomic mass is 35.5. The van der Waals surface area contributed by atoms with Crippen LogP contribution >= 0.6 is 11.6 Å². The van der Waals surface area contributed by atoms with E-state index >= 15 is 0 Å². The Kier molecular flexibility index (Phi) is 5.26. The molecular formula is C21H17ClFN3O4. The number of piperidine rings is 1. The molecule has 0 aromatic heterocycles. The van der Waals surface area contributed by atoms with Gasteiger partial charge in [0.05, 0.1) is 11.1 Å². The zero-order valence-corrected chi connectivity index (χ0v) is 16.5. The van der Waals surface area contributed by atoms with Gasteiger partial charge in [-0.05, 0) is 30.2 Å². The van der Waals surface area contributed by atoms with Crippen LogP contribution in [0.4, 0.5) is 10.1 Å². The Bertz CT molecular complexity index is 1090. The van der Waals surface area contributed by atoms with Crippen LogP contribution in [0.2, 0.25) is 0 Å². The molecule has 0 aliphatic carbocycles. The number of carbonyl (C=O) groups excluding carboxylic acids is 4. The summed E-state index contributed by atoms with van der Waals surface area (Å²) in [6.07, 6.45) is 0.128. The van der Waals surface area contributed by atoms with Crippen LogP contribution in [0.1, 0.15) is 44.7 Å². The number of hydrogen-bond acceptors (Lipinski definition) is 5. The molecule has 0 saturated carbocycles. The third kappa shape index (κ3) is 3.43. The molecule has 9 heteroatoms. The SMILES string of the molecule is O=C1CC[C@H](N2C(=O)c3cccc(NCc4ccc(CCl)cc4F)c3C2=O)C(=O)N1. The largest absolute Gasteiger partial charge is 0.380 e. The van der Waals surface area contributed by atoms with E-state index in [1.807, 2.05) is 0 Å². The number of fused-ring (bicyclic) bond motifs is 1. The first-order valence-corrected chi connectivity index (χ1v) is 9.86. The van der Waals surface area contributed by atoms with Crippen LogP contribution in [-0.2, 0) is 22.0 Å². The third-order valence-corrected chi connectivity index (χ3v) is 5.52. The average Bonchev–Trinajstić information content (AvgIpc) is 2.98. The number of nitrogens with zero attached hydrogens (tertiary/aromatic N) is 1. The van der Waals surface area contributed by atoms with Gasteiger partial charge < -0.3 is 5.32 Å². The van der Waals surface area contributed by atoms with Gasteiger partial charge in [0.2, 0.25) is 11.8 Å². The van der Waals surface area contributed by atoms with E-state index in [0.29, 0.717) is 16.8 Å². The van der Waals surface area contributed by atoms with Crippen LogP contribution < -0.4 is 10.6 Å².